The highest BCUT2D eigenvalue weighted by Gasteiger charge is 2.34. The number of hydrogen-bond acceptors (Lipinski definition) is 5. The number of ether oxygens (including phenoxy) is 1. The van der Waals surface area contributed by atoms with E-state index in [1.165, 1.54) is 10.6 Å². The molecule has 3 rings (SSSR count). The molecule has 2 heterocycles. The molecule has 0 saturated carbocycles. The summed E-state index contributed by atoms with van der Waals surface area (Å²) in [7, 11) is -3.36. The summed E-state index contributed by atoms with van der Waals surface area (Å²) in [5, 5.41) is 0. The summed E-state index contributed by atoms with van der Waals surface area (Å²) in [5.74, 6) is -0.109. The van der Waals surface area contributed by atoms with Gasteiger partial charge in [0.15, 0.2) is 0 Å². The fourth-order valence-corrected chi connectivity index (χ4v) is 5.11. The van der Waals surface area contributed by atoms with E-state index in [0.29, 0.717) is 43.9 Å². The van der Waals surface area contributed by atoms with Gasteiger partial charge in [-0.05, 0) is 57.9 Å². The lowest BCUT2D eigenvalue weighted by Gasteiger charge is -2.35. The zero-order valence-electron chi connectivity index (χ0n) is 17.6. The molecule has 1 unspecified atom stereocenters. The molecule has 0 aromatic heterocycles. The van der Waals surface area contributed by atoms with E-state index in [4.69, 9.17) is 4.74 Å². The van der Waals surface area contributed by atoms with Crippen LogP contribution in [0, 0.1) is 0 Å². The Morgan fingerprint density at radius 3 is 2.21 bits per heavy atom. The van der Waals surface area contributed by atoms with Gasteiger partial charge in [-0.3, -0.25) is 9.10 Å². The number of sulfonamides is 1. The molecule has 2 aliphatic rings. The smallest absolute Gasteiger partial charge is 0.410 e. The van der Waals surface area contributed by atoms with Crippen molar-refractivity contribution in [3.8, 4) is 0 Å². The number of carbonyl (C=O) groups is 2. The molecule has 160 valence electrons. The lowest BCUT2D eigenvalue weighted by atomic mass is 10.1. The predicted molar refractivity (Wildman–Crippen MR) is 111 cm³/mol. The molecule has 1 aromatic rings. The van der Waals surface area contributed by atoms with Crippen molar-refractivity contribution in [2.45, 2.75) is 45.8 Å². The van der Waals surface area contributed by atoms with Crippen LogP contribution in [0.25, 0.3) is 0 Å². The Morgan fingerprint density at radius 1 is 1.07 bits per heavy atom. The van der Waals surface area contributed by atoms with Gasteiger partial charge in [-0.2, -0.15) is 0 Å². The van der Waals surface area contributed by atoms with Crippen LogP contribution in [0.15, 0.2) is 18.2 Å². The third-order valence-electron chi connectivity index (χ3n) is 5.06. The molecule has 29 heavy (non-hydrogen) atoms. The van der Waals surface area contributed by atoms with E-state index < -0.39 is 15.6 Å². The molecular weight excluding hydrogens is 394 g/mol. The van der Waals surface area contributed by atoms with E-state index in [1.54, 1.807) is 28.0 Å². The Hall–Kier alpha value is -2.29. The molecule has 0 aliphatic carbocycles. The largest absolute Gasteiger partial charge is 0.444 e. The molecule has 1 aromatic carbocycles. The van der Waals surface area contributed by atoms with Crippen LogP contribution in [0.1, 0.15) is 43.6 Å². The molecule has 9 heteroatoms. The standard InChI is InChI=1S/C20H29N3O5S/c1-14-12-16-13-15(6-7-17(16)23(14)29(5,26)27)18(24)21-8-10-22(11-9-21)19(25)28-20(2,3)4/h6-7,13-14H,8-12H2,1-5H3. The van der Waals surface area contributed by atoms with Crippen molar-refractivity contribution in [3.63, 3.8) is 0 Å². The van der Waals surface area contributed by atoms with Crippen molar-refractivity contribution in [2.75, 3.05) is 36.7 Å². The van der Waals surface area contributed by atoms with Crippen LogP contribution in [0.5, 0.6) is 0 Å². The maximum absolute atomic E-state index is 12.9. The van der Waals surface area contributed by atoms with Crippen LogP contribution < -0.4 is 4.31 Å². The maximum atomic E-state index is 12.9. The Kier molecular flexibility index (Phi) is 5.55. The summed E-state index contributed by atoms with van der Waals surface area (Å²) >= 11 is 0. The zero-order valence-corrected chi connectivity index (χ0v) is 18.5. The Labute approximate surface area is 172 Å². The number of nitrogens with zero attached hydrogens (tertiary/aromatic N) is 3. The molecule has 1 atom stereocenters. The Balaban J connectivity index is 1.67. The first-order valence-electron chi connectivity index (χ1n) is 9.76. The summed E-state index contributed by atoms with van der Waals surface area (Å²) in [4.78, 5) is 28.4. The average molecular weight is 424 g/mol. The third-order valence-corrected chi connectivity index (χ3v) is 6.33. The quantitative estimate of drug-likeness (QED) is 0.727. The van der Waals surface area contributed by atoms with Gasteiger partial charge in [0.1, 0.15) is 5.60 Å². The van der Waals surface area contributed by atoms with Crippen LogP contribution in [0.4, 0.5) is 10.5 Å². The molecule has 0 bridgehead atoms. The highest BCUT2D eigenvalue weighted by molar-refractivity contribution is 7.92. The summed E-state index contributed by atoms with van der Waals surface area (Å²) < 4.78 is 30.9. The summed E-state index contributed by atoms with van der Waals surface area (Å²) in [6, 6.07) is 5.02. The van der Waals surface area contributed by atoms with Crippen molar-refractivity contribution in [3.05, 3.63) is 29.3 Å². The number of benzene rings is 1. The zero-order chi connectivity index (χ0) is 21.6. The highest BCUT2D eigenvalue weighted by Crippen LogP contribution is 2.35. The van der Waals surface area contributed by atoms with Crippen LogP contribution in [0.2, 0.25) is 0 Å². The summed E-state index contributed by atoms with van der Waals surface area (Å²) in [5.41, 5.74) is 1.50. The fourth-order valence-electron chi connectivity index (χ4n) is 3.84. The van der Waals surface area contributed by atoms with Gasteiger partial charge < -0.3 is 14.5 Å². The SMILES string of the molecule is CC1Cc2cc(C(=O)N3CCN(C(=O)OC(C)(C)C)CC3)ccc2N1S(C)(=O)=O. The maximum Gasteiger partial charge on any atom is 0.410 e. The molecule has 8 nitrogen and oxygen atoms in total. The van der Waals surface area contributed by atoms with Gasteiger partial charge in [-0.1, -0.05) is 0 Å². The third kappa shape index (κ3) is 4.66. The minimum absolute atomic E-state index is 0.109. The number of rotatable bonds is 2. The average Bonchev–Trinajstić information content (AvgIpc) is 2.94. The van der Waals surface area contributed by atoms with Gasteiger partial charge >= 0.3 is 6.09 Å². The van der Waals surface area contributed by atoms with Crippen LogP contribution in [-0.4, -0.2) is 74.3 Å². The number of hydrogen-bond donors (Lipinski definition) is 0. The monoisotopic (exact) mass is 423 g/mol. The second kappa shape index (κ2) is 7.51. The van der Waals surface area contributed by atoms with Gasteiger partial charge in [-0.25, -0.2) is 13.2 Å². The lowest BCUT2D eigenvalue weighted by molar-refractivity contribution is 0.0141. The number of amides is 2. The van der Waals surface area contributed by atoms with Crippen LogP contribution >= 0.6 is 0 Å². The Morgan fingerprint density at radius 2 is 1.66 bits per heavy atom. The molecule has 1 saturated heterocycles. The molecule has 0 radical (unpaired) electrons. The van der Waals surface area contributed by atoms with E-state index in [-0.39, 0.29) is 18.0 Å². The van der Waals surface area contributed by atoms with Gasteiger partial charge in [0, 0.05) is 37.8 Å². The first-order chi connectivity index (χ1) is 13.4. The van der Waals surface area contributed by atoms with Gasteiger partial charge in [-0.15, -0.1) is 0 Å². The summed E-state index contributed by atoms with van der Waals surface area (Å²) in [6.07, 6.45) is 1.41. The van der Waals surface area contributed by atoms with Crippen molar-refractivity contribution in [1.29, 1.82) is 0 Å². The fraction of sp³-hybridized carbons (Fsp3) is 0.600. The van der Waals surface area contributed by atoms with Crippen molar-refractivity contribution in [1.82, 2.24) is 9.80 Å². The molecule has 1 fully saturated rings. The van der Waals surface area contributed by atoms with Crippen LogP contribution in [0.3, 0.4) is 0 Å². The molecular formula is C20H29N3O5S. The number of fused-ring (bicyclic) bond motifs is 1. The number of piperazine rings is 1. The number of carbonyl (C=O) groups excluding carboxylic acids is 2. The highest BCUT2D eigenvalue weighted by atomic mass is 32.2. The van der Waals surface area contributed by atoms with Gasteiger partial charge in [0.05, 0.1) is 11.9 Å². The van der Waals surface area contributed by atoms with Crippen LogP contribution in [-0.2, 0) is 21.2 Å². The molecule has 2 amide bonds. The first-order valence-corrected chi connectivity index (χ1v) is 11.6. The van der Waals surface area contributed by atoms with E-state index in [1.807, 2.05) is 27.7 Å². The summed E-state index contributed by atoms with van der Waals surface area (Å²) in [6.45, 7) is 9.04. The minimum Gasteiger partial charge on any atom is -0.444 e. The second-order valence-electron chi connectivity index (χ2n) is 8.72. The van der Waals surface area contributed by atoms with E-state index in [9.17, 15) is 18.0 Å². The minimum atomic E-state index is -3.36. The molecule has 0 spiro atoms. The second-order valence-corrected chi connectivity index (χ2v) is 10.6. The van der Waals surface area contributed by atoms with Crippen molar-refractivity contribution >= 4 is 27.7 Å². The van der Waals surface area contributed by atoms with Gasteiger partial charge in [0.25, 0.3) is 5.91 Å². The van der Waals surface area contributed by atoms with Gasteiger partial charge in [0.2, 0.25) is 10.0 Å². The van der Waals surface area contributed by atoms with Crippen molar-refractivity contribution in [2.24, 2.45) is 0 Å². The van der Waals surface area contributed by atoms with E-state index in [0.717, 1.165) is 5.56 Å². The number of anilines is 1. The lowest BCUT2D eigenvalue weighted by Crippen LogP contribution is -2.51. The first kappa shape index (κ1) is 21.4. The molecule has 0 N–H and O–H groups in total. The topological polar surface area (TPSA) is 87.2 Å². The Bertz CT molecular complexity index is 915. The van der Waals surface area contributed by atoms with E-state index in [2.05, 4.69) is 0 Å². The molecule has 2 aliphatic heterocycles. The van der Waals surface area contributed by atoms with Crippen molar-refractivity contribution < 1.29 is 22.7 Å². The predicted octanol–water partition coefficient (Wildman–Crippen LogP) is 2.09. The van der Waals surface area contributed by atoms with E-state index >= 15 is 0 Å². The normalized spacial score (nSPS) is 19.9.